The molecule has 3 rings (SSSR count). The first-order valence-corrected chi connectivity index (χ1v) is 7.38. The second-order valence-corrected chi connectivity index (χ2v) is 5.74. The first-order valence-electron chi connectivity index (χ1n) is 7.38. The van der Waals surface area contributed by atoms with E-state index in [4.69, 9.17) is 4.74 Å². The molecule has 1 aromatic carbocycles. The van der Waals surface area contributed by atoms with E-state index in [1.54, 1.807) is 7.11 Å². The molecule has 1 saturated heterocycles. The van der Waals surface area contributed by atoms with Gasteiger partial charge in [0.1, 0.15) is 11.9 Å². The fourth-order valence-electron chi connectivity index (χ4n) is 3.01. The molecule has 4 heteroatoms. The average molecular weight is 274 g/mol. The molecule has 1 saturated carbocycles. The van der Waals surface area contributed by atoms with E-state index in [9.17, 15) is 4.79 Å². The Morgan fingerprint density at radius 2 is 2.15 bits per heavy atom. The summed E-state index contributed by atoms with van der Waals surface area (Å²) in [6.45, 7) is 4.10. The lowest BCUT2D eigenvalue weighted by Gasteiger charge is -2.25. The van der Waals surface area contributed by atoms with Gasteiger partial charge in [-0.15, -0.1) is 0 Å². The summed E-state index contributed by atoms with van der Waals surface area (Å²) in [5.41, 5.74) is 2.26. The summed E-state index contributed by atoms with van der Waals surface area (Å²) in [4.78, 5) is 14.5. The number of carbonyl (C=O) groups is 1. The summed E-state index contributed by atoms with van der Waals surface area (Å²) in [6.07, 6.45) is 3.13. The Kier molecular flexibility index (Phi) is 3.42. The number of rotatable bonds is 4. The van der Waals surface area contributed by atoms with Crippen molar-refractivity contribution in [2.24, 2.45) is 0 Å². The number of benzene rings is 1. The van der Waals surface area contributed by atoms with Crippen LogP contribution in [0.4, 0.5) is 0 Å². The van der Waals surface area contributed by atoms with Crippen molar-refractivity contribution in [2.45, 2.75) is 51.4 Å². The Morgan fingerprint density at radius 1 is 1.40 bits per heavy atom. The van der Waals surface area contributed by atoms with E-state index in [0.717, 1.165) is 36.1 Å². The van der Waals surface area contributed by atoms with Crippen LogP contribution < -0.4 is 10.1 Å². The maximum atomic E-state index is 12.4. The molecule has 20 heavy (non-hydrogen) atoms. The molecule has 0 aromatic heterocycles. The molecular formula is C16H22N2O2. The predicted octanol–water partition coefficient (Wildman–Crippen LogP) is 2.38. The van der Waals surface area contributed by atoms with E-state index in [-0.39, 0.29) is 18.1 Å². The third kappa shape index (κ3) is 2.18. The summed E-state index contributed by atoms with van der Waals surface area (Å²) >= 11 is 0. The molecule has 0 radical (unpaired) electrons. The second kappa shape index (κ2) is 5.09. The standard InChI is InChI=1S/C16H22N2O2/c1-4-13-16(19)18(12-6-7-12)15(17-13)11-5-8-14(20-3)10(2)9-11/h5,8-9,12-13,15,17H,4,6-7H2,1-3H3. The van der Waals surface area contributed by atoms with Gasteiger partial charge in [-0.2, -0.15) is 0 Å². The highest BCUT2D eigenvalue weighted by molar-refractivity contribution is 5.85. The average Bonchev–Trinajstić information content (AvgIpc) is 3.22. The number of methoxy groups -OCH3 is 1. The van der Waals surface area contributed by atoms with Gasteiger partial charge in [-0.25, -0.2) is 0 Å². The van der Waals surface area contributed by atoms with Crippen LogP contribution in [-0.4, -0.2) is 30.0 Å². The number of aryl methyl sites for hydroxylation is 1. The fraction of sp³-hybridized carbons (Fsp3) is 0.562. The van der Waals surface area contributed by atoms with Crippen molar-refractivity contribution in [3.8, 4) is 5.75 Å². The Morgan fingerprint density at radius 3 is 2.70 bits per heavy atom. The van der Waals surface area contributed by atoms with Gasteiger partial charge in [-0.05, 0) is 49.4 Å². The topological polar surface area (TPSA) is 41.6 Å². The minimum atomic E-state index is -0.0389. The zero-order valence-corrected chi connectivity index (χ0v) is 12.3. The lowest BCUT2D eigenvalue weighted by molar-refractivity contribution is -0.130. The summed E-state index contributed by atoms with van der Waals surface area (Å²) in [5.74, 6) is 1.15. The van der Waals surface area contributed by atoms with Crippen LogP contribution in [0.2, 0.25) is 0 Å². The van der Waals surface area contributed by atoms with E-state index in [0.29, 0.717) is 6.04 Å². The zero-order chi connectivity index (χ0) is 14.3. The van der Waals surface area contributed by atoms with E-state index in [1.165, 1.54) is 0 Å². The maximum Gasteiger partial charge on any atom is 0.241 e. The van der Waals surface area contributed by atoms with Gasteiger partial charge in [0.05, 0.1) is 13.2 Å². The van der Waals surface area contributed by atoms with Crippen molar-refractivity contribution in [1.29, 1.82) is 0 Å². The smallest absolute Gasteiger partial charge is 0.241 e. The highest BCUT2D eigenvalue weighted by Crippen LogP contribution is 2.38. The van der Waals surface area contributed by atoms with Crippen LogP contribution in [0.25, 0.3) is 0 Å². The van der Waals surface area contributed by atoms with Crippen LogP contribution >= 0.6 is 0 Å². The number of amides is 1. The van der Waals surface area contributed by atoms with Crippen molar-refractivity contribution in [3.63, 3.8) is 0 Å². The summed E-state index contributed by atoms with van der Waals surface area (Å²) < 4.78 is 5.31. The van der Waals surface area contributed by atoms with Crippen molar-refractivity contribution >= 4 is 5.91 Å². The van der Waals surface area contributed by atoms with Gasteiger partial charge >= 0.3 is 0 Å². The lowest BCUT2D eigenvalue weighted by Crippen LogP contribution is -2.32. The summed E-state index contributed by atoms with van der Waals surface area (Å²) in [5, 5.41) is 3.48. The second-order valence-electron chi connectivity index (χ2n) is 5.74. The molecule has 1 heterocycles. The SMILES string of the molecule is CCC1NC(c2ccc(OC)c(C)c2)N(C2CC2)C1=O. The van der Waals surface area contributed by atoms with Crippen molar-refractivity contribution in [1.82, 2.24) is 10.2 Å². The number of hydrogen-bond acceptors (Lipinski definition) is 3. The number of nitrogens with zero attached hydrogens (tertiary/aromatic N) is 1. The quantitative estimate of drug-likeness (QED) is 0.916. The highest BCUT2D eigenvalue weighted by Gasteiger charge is 2.45. The maximum absolute atomic E-state index is 12.4. The Labute approximate surface area is 120 Å². The van der Waals surface area contributed by atoms with E-state index in [1.807, 2.05) is 13.0 Å². The van der Waals surface area contributed by atoms with Gasteiger partial charge in [0.25, 0.3) is 0 Å². The molecule has 0 spiro atoms. The Hall–Kier alpha value is -1.55. The van der Waals surface area contributed by atoms with Crippen molar-refractivity contribution in [3.05, 3.63) is 29.3 Å². The zero-order valence-electron chi connectivity index (χ0n) is 12.3. The Bertz CT molecular complexity index is 525. The molecule has 2 unspecified atom stereocenters. The molecule has 1 amide bonds. The number of nitrogens with one attached hydrogen (secondary N) is 1. The largest absolute Gasteiger partial charge is 0.496 e. The summed E-state index contributed by atoms with van der Waals surface area (Å²) in [6, 6.07) is 6.56. The van der Waals surface area contributed by atoms with Crippen molar-refractivity contribution < 1.29 is 9.53 Å². The normalized spacial score (nSPS) is 26.1. The van der Waals surface area contributed by atoms with E-state index >= 15 is 0 Å². The van der Waals surface area contributed by atoms with Crippen LogP contribution in [-0.2, 0) is 4.79 Å². The van der Waals surface area contributed by atoms with Crippen LogP contribution in [0.3, 0.4) is 0 Å². The number of ether oxygens (including phenoxy) is 1. The highest BCUT2D eigenvalue weighted by atomic mass is 16.5. The molecule has 1 aromatic rings. The lowest BCUT2D eigenvalue weighted by atomic mass is 10.1. The number of hydrogen-bond donors (Lipinski definition) is 1. The minimum absolute atomic E-state index is 0.0181. The van der Waals surface area contributed by atoms with Gasteiger partial charge in [0.2, 0.25) is 5.91 Å². The summed E-state index contributed by atoms with van der Waals surface area (Å²) in [7, 11) is 1.68. The Balaban J connectivity index is 1.91. The molecule has 2 aliphatic rings. The molecule has 0 bridgehead atoms. The molecule has 1 N–H and O–H groups in total. The molecule has 1 aliphatic carbocycles. The van der Waals surface area contributed by atoms with Crippen LogP contribution in [0, 0.1) is 6.92 Å². The van der Waals surface area contributed by atoms with Crippen molar-refractivity contribution in [2.75, 3.05) is 7.11 Å². The first kappa shape index (κ1) is 13.4. The predicted molar refractivity (Wildman–Crippen MR) is 77.6 cm³/mol. The van der Waals surface area contributed by atoms with E-state index < -0.39 is 0 Å². The minimum Gasteiger partial charge on any atom is -0.496 e. The number of carbonyl (C=O) groups excluding carboxylic acids is 1. The monoisotopic (exact) mass is 274 g/mol. The van der Waals surface area contributed by atoms with Gasteiger partial charge in [-0.1, -0.05) is 13.0 Å². The van der Waals surface area contributed by atoms with Gasteiger partial charge in [0.15, 0.2) is 0 Å². The van der Waals surface area contributed by atoms with Crippen LogP contribution in [0.5, 0.6) is 5.75 Å². The molecule has 2 atom stereocenters. The van der Waals surface area contributed by atoms with Gasteiger partial charge in [-0.3, -0.25) is 10.1 Å². The molecule has 4 nitrogen and oxygen atoms in total. The van der Waals surface area contributed by atoms with Crippen LogP contribution in [0.1, 0.15) is 43.5 Å². The molecule has 2 fully saturated rings. The van der Waals surface area contributed by atoms with E-state index in [2.05, 4.69) is 29.3 Å². The molecule has 108 valence electrons. The van der Waals surface area contributed by atoms with Gasteiger partial charge < -0.3 is 9.64 Å². The third-order valence-electron chi connectivity index (χ3n) is 4.27. The third-order valence-corrected chi connectivity index (χ3v) is 4.27. The first-order chi connectivity index (χ1) is 9.65. The van der Waals surface area contributed by atoms with Crippen LogP contribution in [0.15, 0.2) is 18.2 Å². The molecular weight excluding hydrogens is 252 g/mol. The fourth-order valence-corrected chi connectivity index (χ4v) is 3.01. The molecule has 1 aliphatic heterocycles. The van der Waals surface area contributed by atoms with Gasteiger partial charge in [0, 0.05) is 6.04 Å².